The molecule has 0 radical (unpaired) electrons. The van der Waals surface area contributed by atoms with Gasteiger partial charge in [0.25, 0.3) is 0 Å². The van der Waals surface area contributed by atoms with Gasteiger partial charge in [-0.25, -0.2) is 0 Å². The molecule has 0 heterocycles. The molecule has 1 amide bonds. The molecule has 0 aliphatic rings. The summed E-state index contributed by atoms with van der Waals surface area (Å²) < 4.78 is 4.88. The third kappa shape index (κ3) is 9.42. The summed E-state index contributed by atoms with van der Waals surface area (Å²) in [6.45, 7) is 1.82. The largest absolute Gasteiger partial charge is 0.370 e. The Morgan fingerprint density at radius 1 is 1.67 bits per heavy atom. The first-order valence-corrected chi connectivity index (χ1v) is 4.03. The number of primary amides is 1. The van der Waals surface area contributed by atoms with Gasteiger partial charge in [-0.15, -0.1) is 0 Å². The Balaban J connectivity index is 2.96. The summed E-state index contributed by atoms with van der Waals surface area (Å²) in [4.78, 5) is 10.2. The highest BCUT2D eigenvalue weighted by Gasteiger charge is 1.91. The molecule has 0 atom stereocenters. The number of carbonyl (C=O) groups is 1. The van der Waals surface area contributed by atoms with Gasteiger partial charge in [-0.1, -0.05) is 17.7 Å². The van der Waals surface area contributed by atoms with Crippen molar-refractivity contribution in [2.24, 2.45) is 5.73 Å². The van der Waals surface area contributed by atoms with E-state index >= 15 is 0 Å². The minimum Gasteiger partial charge on any atom is -0.370 e. The average molecular weight is 193 g/mol. The Hall–Kier alpha value is -0.580. The van der Waals surface area contributed by atoms with E-state index in [1.807, 2.05) is 0 Å². The van der Waals surface area contributed by atoms with E-state index in [0.717, 1.165) is 0 Å². The number of hydrogen-bond acceptors (Lipinski definition) is 3. The van der Waals surface area contributed by atoms with Crippen molar-refractivity contribution in [3.63, 3.8) is 0 Å². The number of carbonyl (C=O) groups excluding carboxylic acids is 1. The second kappa shape index (κ2) is 8.52. The maximum absolute atomic E-state index is 10.2. The van der Waals surface area contributed by atoms with Gasteiger partial charge >= 0.3 is 0 Å². The van der Waals surface area contributed by atoms with E-state index in [1.165, 1.54) is 5.54 Å². The van der Waals surface area contributed by atoms with Gasteiger partial charge < -0.3 is 15.8 Å². The fourth-order valence-corrected chi connectivity index (χ4v) is 0.636. The minimum absolute atomic E-state index is 0.0208. The van der Waals surface area contributed by atoms with Crippen molar-refractivity contribution < 1.29 is 9.53 Å². The van der Waals surface area contributed by atoms with Crippen LogP contribution in [0.1, 0.15) is 0 Å². The predicted octanol–water partition coefficient (Wildman–Crippen LogP) is -0.170. The van der Waals surface area contributed by atoms with Gasteiger partial charge in [0.1, 0.15) is 6.61 Å². The van der Waals surface area contributed by atoms with Gasteiger partial charge in [0.15, 0.2) is 0 Å². The summed E-state index contributed by atoms with van der Waals surface area (Å²) in [6, 6.07) is 0. The first-order chi connectivity index (χ1) is 5.77. The topological polar surface area (TPSA) is 64.4 Å². The third-order valence-corrected chi connectivity index (χ3v) is 1.20. The molecule has 0 rings (SSSR count). The molecule has 3 N–H and O–H groups in total. The molecule has 12 heavy (non-hydrogen) atoms. The lowest BCUT2D eigenvalue weighted by Gasteiger charge is -2.01. The van der Waals surface area contributed by atoms with Gasteiger partial charge in [-0.3, -0.25) is 4.79 Å². The smallest absolute Gasteiger partial charge is 0.243 e. The monoisotopic (exact) mass is 192 g/mol. The van der Waals surface area contributed by atoms with Gasteiger partial charge in [0.05, 0.1) is 6.61 Å². The van der Waals surface area contributed by atoms with Gasteiger partial charge in [-0.2, -0.15) is 0 Å². The summed E-state index contributed by atoms with van der Waals surface area (Å²) in [6.07, 6.45) is 1.77. The molecule has 70 valence electrons. The van der Waals surface area contributed by atoms with Crippen LogP contribution in [0.4, 0.5) is 0 Å². The Bertz CT molecular complexity index is 150. The fraction of sp³-hybridized carbons (Fsp3) is 0.571. The van der Waals surface area contributed by atoms with E-state index in [-0.39, 0.29) is 6.61 Å². The number of nitrogens with one attached hydrogen (secondary N) is 1. The van der Waals surface area contributed by atoms with Gasteiger partial charge in [0.2, 0.25) is 5.91 Å². The first-order valence-electron chi connectivity index (χ1n) is 3.59. The van der Waals surface area contributed by atoms with E-state index in [2.05, 4.69) is 5.32 Å². The molecule has 0 aromatic rings. The summed E-state index contributed by atoms with van der Waals surface area (Å²) in [5, 5.41) is 3.01. The van der Waals surface area contributed by atoms with Crippen LogP contribution in [-0.2, 0) is 9.53 Å². The molecule has 0 saturated carbocycles. The number of halogens is 1. The number of amides is 1. The second-order valence-corrected chi connectivity index (χ2v) is 2.34. The van der Waals surface area contributed by atoms with Crippen LogP contribution in [0.3, 0.4) is 0 Å². The zero-order valence-corrected chi connectivity index (χ0v) is 7.51. The van der Waals surface area contributed by atoms with Gasteiger partial charge in [-0.05, 0) is 0 Å². The molecule has 0 unspecified atom stereocenters. The van der Waals surface area contributed by atoms with E-state index < -0.39 is 5.91 Å². The van der Waals surface area contributed by atoms with Crippen molar-refractivity contribution in [2.45, 2.75) is 0 Å². The lowest BCUT2D eigenvalue weighted by molar-refractivity contribution is -0.122. The second-order valence-electron chi connectivity index (χ2n) is 2.08. The summed E-state index contributed by atoms with van der Waals surface area (Å²) in [7, 11) is 0. The minimum atomic E-state index is -0.448. The van der Waals surface area contributed by atoms with Crippen LogP contribution in [0, 0.1) is 0 Å². The molecule has 0 aromatic heterocycles. The molecule has 0 saturated heterocycles. The van der Waals surface area contributed by atoms with E-state index in [9.17, 15) is 4.79 Å². The van der Waals surface area contributed by atoms with Crippen molar-refractivity contribution in [2.75, 3.05) is 26.3 Å². The van der Waals surface area contributed by atoms with Crippen LogP contribution in [0.2, 0.25) is 0 Å². The Labute approximate surface area is 76.7 Å². The Morgan fingerprint density at radius 3 is 3.00 bits per heavy atom. The van der Waals surface area contributed by atoms with Crippen molar-refractivity contribution in [1.82, 2.24) is 5.32 Å². The molecule has 0 aromatic carbocycles. The summed E-state index contributed by atoms with van der Waals surface area (Å²) >= 11 is 5.27. The number of rotatable bonds is 7. The molecule has 0 spiro atoms. The van der Waals surface area contributed by atoms with E-state index in [1.54, 1.807) is 6.08 Å². The summed E-state index contributed by atoms with van der Waals surface area (Å²) in [5.74, 6) is -0.448. The standard InChI is InChI=1S/C7H13ClN2O2/c8-2-1-3-10-4-5-12-6-7(9)11/h1-2,10H,3-6H2,(H2,9,11)/b2-1+. The molecule has 0 aliphatic heterocycles. The lowest BCUT2D eigenvalue weighted by Crippen LogP contribution is -2.23. The maximum Gasteiger partial charge on any atom is 0.243 e. The molecule has 5 heteroatoms. The van der Waals surface area contributed by atoms with Crippen molar-refractivity contribution >= 4 is 17.5 Å². The lowest BCUT2D eigenvalue weighted by atomic mass is 10.6. The predicted molar refractivity (Wildman–Crippen MR) is 47.9 cm³/mol. The molecule has 0 aliphatic carbocycles. The molecule has 4 nitrogen and oxygen atoms in total. The van der Waals surface area contributed by atoms with E-state index in [4.69, 9.17) is 22.1 Å². The van der Waals surface area contributed by atoms with Crippen LogP contribution in [0.25, 0.3) is 0 Å². The van der Waals surface area contributed by atoms with Crippen molar-refractivity contribution in [1.29, 1.82) is 0 Å². The molecule has 0 fully saturated rings. The van der Waals surface area contributed by atoms with Crippen LogP contribution in [0.15, 0.2) is 11.6 Å². The highest BCUT2D eigenvalue weighted by atomic mass is 35.5. The van der Waals surface area contributed by atoms with Crippen LogP contribution in [-0.4, -0.2) is 32.2 Å². The maximum atomic E-state index is 10.2. The summed E-state index contributed by atoms with van der Waals surface area (Å²) in [5.41, 5.74) is 6.28. The molecule has 0 bridgehead atoms. The molecular weight excluding hydrogens is 180 g/mol. The highest BCUT2D eigenvalue weighted by Crippen LogP contribution is 1.76. The van der Waals surface area contributed by atoms with Crippen molar-refractivity contribution in [3.8, 4) is 0 Å². The quantitative estimate of drug-likeness (QED) is 0.551. The van der Waals surface area contributed by atoms with Gasteiger partial charge in [0, 0.05) is 18.6 Å². The Kier molecular flexibility index (Phi) is 8.10. The normalized spacial score (nSPS) is 10.8. The fourth-order valence-electron chi connectivity index (χ4n) is 0.547. The Morgan fingerprint density at radius 2 is 2.42 bits per heavy atom. The average Bonchev–Trinajstić information content (AvgIpc) is 2.02. The van der Waals surface area contributed by atoms with Crippen LogP contribution < -0.4 is 11.1 Å². The number of nitrogens with two attached hydrogens (primary N) is 1. The van der Waals surface area contributed by atoms with E-state index in [0.29, 0.717) is 19.7 Å². The zero-order chi connectivity index (χ0) is 9.23. The zero-order valence-electron chi connectivity index (χ0n) is 6.75. The highest BCUT2D eigenvalue weighted by molar-refractivity contribution is 6.25. The molecular formula is C7H13ClN2O2. The van der Waals surface area contributed by atoms with Crippen molar-refractivity contribution in [3.05, 3.63) is 11.6 Å². The third-order valence-electron chi connectivity index (χ3n) is 1.02. The number of ether oxygens (including phenoxy) is 1. The van der Waals surface area contributed by atoms with Crippen LogP contribution in [0.5, 0.6) is 0 Å². The SMILES string of the molecule is NC(=O)COCCNC/C=C/Cl. The number of hydrogen-bond donors (Lipinski definition) is 2. The first kappa shape index (κ1) is 11.4. The van der Waals surface area contributed by atoms with Crippen LogP contribution >= 0.6 is 11.6 Å².